The lowest BCUT2D eigenvalue weighted by molar-refractivity contribution is 0.414. The highest BCUT2D eigenvalue weighted by molar-refractivity contribution is 7.17. The number of nitrogens with zero attached hydrogens (tertiary/aromatic N) is 14. The van der Waals surface area contributed by atoms with Crippen LogP contribution in [-0.2, 0) is 0 Å². The van der Waals surface area contributed by atoms with Crippen molar-refractivity contribution in [1.29, 1.82) is 0 Å². The summed E-state index contributed by atoms with van der Waals surface area (Å²) in [6.45, 7) is 8.14. The van der Waals surface area contributed by atoms with Crippen LogP contribution in [0.1, 0.15) is 74.6 Å². The van der Waals surface area contributed by atoms with Gasteiger partial charge in [0.05, 0.1) is 119 Å². The number of furan rings is 1. The van der Waals surface area contributed by atoms with Gasteiger partial charge in [0.25, 0.3) is 22.2 Å². The number of fused-ring (bicyclic) bond motifs is 8. The number of benzene rings is 9. The maximum Gasteiger partial charge on any atom is 0.263 e. The molecule has 143 heavy (non-hydrogen) atoms. The van der Waals surface area contributed by atoms with Gasteiger partial charge in [-0.3, -0.25) is 47.4 Å². The molecule has 0 spiro atoms. The molecule has 0 aliphatic rings. The van der Waals surface area contributed by atoms with Crippen molar-refractivity contribution in [1.82, 2.24) is 68.1 Å². The van der Waals surface area contributed by atoms with Crippen molar-refractivity contribution >= 4 is 153 Å². The largest absolute Gasteiger partial charge is 0.496 e. The monoisotopic (exact) mass is 1950 g/mol. The summed E-state index contributed by atoms with van der Waals surface area (Å²) in [7, 11) is 3.25. The second kappa shape index (κ2) is 40.8. The minimum atomic E-state index is -0.240. The molecule has 0 saturated heterocycles. The number of nitrogens with one attached hydrogen (secondary N) is 4. The van der Waals surface area contributed by atoms with Gasteiger partial charge in [-0.1, -0.05) is 170 Å². The molecule has 0 bridgehead atoms. The van der Waals surface area contributed by atoms with Crippen LogP contribution < -0.4 is 53.0 Å². The highest BCUT2D eigenvalue weighted by atomic mass is 32.1. The van der Waals surface area contributed by atoms with Gasteiger partial charge in [0.2, 0.25) is 0 Å². The van der Waals surface area contributed by atoms with E-state index in [1.807, 2.05) is 317 Å². The SMILES string of the molecule is COc1ccccc1-c1cccc2cc([C@H](C)Nc3nccc4scnc34)n(-c3ccccc3)c(=O)c12.COc1cnccc1-c1cccc2cc([C@H](C)Nc3nccc4scnc34)n(-c3ccccc3)c(=O)c12.C[C@H](Nc1nccc2scnc12)c1cc2cccc(-c3cccnc3)c2c(=O)n1-c1ccccc1.C[C@H](Nc1nccc2scnc12)c1cc2cccc(-c3ccoc3)c2c(=O)n1-c1ccccc1. The molecule has 9 aromatic carbocycles. The van der Waals surface area contributed by atoms with Crippen LogP contribution in [0.2, 0.25) is 0 Å². The molecule has 700 valence electrons. The third-order valence-electron chi connectivity index (χ3n) is 25.0. The number of ether oxygens (including phenoxy) is 2. The predicted molar refractivity (Wildman–Crippen MR) is 579 cm³/mol. The molecule has 0 unspecified atom stereocenters. The Morgan fingerprint density at radius 1 is 0.287 bits per heavy atom. The fourth-order valence-electron chi connectivity index (χ4n) is 18.4. The molecular weight excluding hydrogens is 1860 g/mol. The van der Waals surface area contributed by atoms with Crippen molar-refractivity contribution in [3.8, 4) is 78.8 Å². The summed E-state index contributed by atoms with van der Waals surface area (Å²) in [4.78, 5) is 101. The first-order chi connectivity index (χ1) is 70.2. The first-order valence-electron chi connectivity index (χ1n) is 46.0. The third-order valence-corrected chi connectivity index (χ3v) is 28.2. The van der Waals surface area contributed by atoms with E-state index in [1.165, 1.54) is 0 Å². The number of para-hydroxylation sites is 5. The highest BCUT2D eigenvalue weighted by Gasteiger charge is 2.28. The predicted octanol–water partition coefficient (Wildman–Crippen LogP) is 25.7. The van der Waals surface area contributed by atoms with Gasteiger partial charge in [0.15, 0.2) is 23.3 Å². The van der Waals surface area contributed by atoms with E-state index in [0.29, 0.717) is 50.6 Å². The minimum Gasteiger partial charge on any atom is -0.496 e. The zero-order valence-corrected chi connectivity index (χ0v) is 81.1. The minimum absolute atomic E-state index is 0.0726. The summed E-state index contributed by atoms with van der Waals surface area (Å²) >= 11 is 6.30. The first-order valence-corrected chi connectivity index (χ1v) is 49.5. The molecular formula is C114H88N18O7S4. The zero-order valence-electron chi connectivity index (χ0n) is 77.9. The number of methoxy groups -OCH3 is 2. The quantitative estimate of drug-likeness (QED) is 0.0490. The van der Waals surface area contributed by atoms with Crippen molar-refractivity contribution in [3.05, 3.63) is 440 Å². The third kappa shape index (κ3) is 18.3. The normalized spacial score (nSPS) is 12.1. The van der Waals surface area contributed by atoms with Gasteiger partial charge < -0.3 is 35.2 Å². The molecule has 29 heteroatoms. The molecule has 0 aliphatic carbocycles. The summed E-state index contributed by atoms with van der Waals surface area (Å²) in [5, 5.41) is 20.0. The van der Waals surface area contributed by atoms with Crippen LogP contribution in [0.25, 0.3) is 151 Å². The van der Waals surface area contributed by atoms with Gasteiger partial charge in [-0.05, 0) is 193 Å². The molecule has 0 radical (unpaired) electrons. The topological polar surface area (TPSA) is 297 Å². The molecule has 15 aromatic heterocycles. The maximum atomic E-state index is 14.3. The fraction of sp³-hybridized carbons (Fsp3) is 0.0877. The van der Waals surface area contributed by atoms with Crippen LogP contribution in [0.5, 0.6) is 11.5 Å². The van der Waals surface area contributed by atoms with Crippen LogP contribution in [0, 0.1) is 0 Å². The van der Waals surface area contributed by atoms with Gasteiger partial charge in [-0.2, -0.15) is 0 Å². The zero-order chi connectivity index (χ0) is 97.6. The van der Waals surface area contributed by atoms with Crippen molar-refractivity contribution in [2.75, 3.05) is 35.5 Å². The van der Waals surface area contributed by atoms with Crippen LogP contribution in [0.4, 0.5) is 23.3 Å². The summed E-state index contributed by atoms with van der Waals surface area (Å²) in [5.41, 5.74) is 23.6. The first kappa shape index (κ1) is 91.8. The van der Waals surface area contributed by atoms with E-state index in [-0.39, 0.29) is 46.4 Å². The van der Waals surface area contributed by atoms with E-state index in [2.05, 4.69) is 95.4 Å². The summed E-state index contributed by atoms with van der Waals surface area (Å²) < 4.78 is 27.9. The summed E-state index contributed by atoms with van der Waals surface area (Å²) in [6.07, 6.45) is 17.3. The molecule has 15 heterocycles. The van der Waals surface area contributed by atoms with Crippen molar-refractivity contribution < 1.29 is 13.9 Å². The van der Waals surface area contributed by atoms with E-state index < -0.39 is 0 Å². The van der Waals surface area contributed by atoms with Gasteiger partial charge in [0.1, 0.15) is 33.6 Å². The Morgan fingerprint density at radius 2 is 0.601 bits per heavy atom. The van der Waals surface area contributed by atoms with Crippen molar-refractivity contribution in [2.45, 2.75) is 51.9 Å². The number of pyridine rings is 10. The standard InChI is InChI=1S/C30H24N4O2S.C29H23N5O2S.C28H21N5OS.C27H20N4O2S/c1-19(33-29-28-26(15-16-31-29)37-18-32-28)24-17-20-9-8-13-23(22-12-6-7-14-25(22)36-2)27(20)30(35)34(24)21-10-4-3-5-11-21;1-18(33-28-27-25(12-14-31-28)37-17-32-27)23-15-19-7-6-10-22(21-11-13-30-16-24(21)36-2)26(19)29(35)34(23)20-8-4-3-5-9-20;1-18(32-27-26-24(12-14-30-27)35-17-31-26)23-15-19-7-5-11-22(20-8-6-13-29-16-20)25(19)28(34)33(23)21-9-3-2-4-10-21;1-17(30-26-25-23(10-12-28-26)34-16-29-25)22-14-18-6-5-9-21(19-11-13-33-15-19)24(18)27(32)31(22)20-7-3-2-4-8-20/h3-19H,1-2H3,(H,31,33);3-18H,1-2H3,(H,31,33);2-18H,1H3,(H,30,32);2-17H,1H3,(H,28,30)/t19-;2*18-;17-/m0000/s1. The second-order valence-electron chi connectivity index (χ2n) is 33.7. The molecule has 0 saturated carbocycles. The van der Waals surface area contributed by atoms with Crippen LogP contribution >= 0.6 is 45.3 Å². The fourth-order valence-corrected chi connectivity index (χ4v) is 21.1. The Labute approximate surface area is 834 Å². The van der Waals surface area contributed by atoms with E-state index in [1.54, 1.807) is 140 Å². The van der Waals surface area contributed by atoms with E-state index in [0.717, 1.165) is 158 Å². The van der Waals surface area contributed by atoms with E-state index >= 15 is 0 Å². The molecule has 4 atom stereocenters. The van der Waals surface area contributed by atoms with Crippen molar-refractivity contribution in [3.63, 3.8) is 0 Å². The van der Waals surface area contributed by atoms with Gasteiger partial charge >= 0.3 is 0 Å². The number of hydrogen-bond acceptors (Lipinski definition) is 25. The van der Waals surface area contributed by atoms with Gasteiger partial charge in [-0.15, -0.1) is 45.3 Å². The maximum absolute atomic E-state index is 14.3. The lowest BCUT2D eigenvalue weighted by atomic mass is 9.97. The molecule has 0 amide bonds. The van der Waals surface area contributed by atoms with Crippen LogP contribution in [0.3, 0.4) is 0 Å². The number of rotatable bonds is 22. The molecule has 0 fully saturated rings. The van der Waals surface area contributed by atoms with Gasteiger partial charge in [0, 0.05) is 111 Å². The average Bonchev–Trinajstić information content (AvgIpc) is 0.858. The Balaban J connectivity index is 0.000000113. The number of anilines is 4. The molecule has 24 rings (SSSR count). The smallest absolute Gasteiger partial charge is 0.263 e. The van der Waals surface area contributed by atoms with Gasteiger partial charge in [-0.25, -0.2) is 39.9 Å². The molecule has 4 N–H and O–H groups in total. The number of hydrogen-bond donors (Lipinski definition) is 4. The summed E-state index contributed by atoms with van der Waals surface area (Å²) in [6, 6.07) is 93.2. The average molecular weight is 1950 g/mol. The Morgan fingerprint density at radius 3 is 0.937 bits per heavy atom. The number of aromatic nitrogens is 14. The summed E-state index contributed by atoms with van der Waals surface area (Å²) in [5.74, 6) is 4.12. The second-order valence-corrected chi connectivity index (χ2v) is 37.2. The highest BCUT2D eigenvalue weighted by Crippen LogP contribution is 2.41. The lowest BCUT2D eigenvalue weighted by Crippen LogP contribution is -2.26. The Hall–Kier alpha value is -17.6. The van der Waals surface area contributed by atoms with E-state index in [9.17, 15) is 19.2 Å². The van der Waals surface area contributed by atoms with Crippen LogP contribution in [0.15, 0.2) is 399 Å². The van der Waals surface area contributed by atoms with Crippen LogP contribution in [-0.4, -0.2) is 82.3 Å². The lowest BCUT2D eigenvalue weighted by Gasteiger charge is -2.22. The molecule has 24 aromatic rings. The molecule has 25 nitrogen and oxygen atoms in total. The van der Waals surface area contributed by atoms with Crippen molar-refractivity contribution in [2.24, 2.45) is 0 Å². The van der Waals surface area contributed by atoms with E-state index in [4.69, 9.17) is 13.9 Å². The Bertz CT molecular complexity index is 8790. The molecule has 0 aliphatic heterocycles. The number of thiazole rings is 4. The Kier molecular flexibility index (Phi) is 26.2.